The number of fused-ring (bicyclic) bond motifs is 2. The van der Waals surface area contributed by atoms with E-state index in [2.05, 4.69) is 26.1 Å². The molecule has 188 valence electrons. The molecule has 4 aromatic rings. The molecule has 2 aromatic carbocycles. The standard InChI is InChI=1S/C28H29NO6S/c1-16-18-10-20-21(28(2,3)4)13-34-23(20)12-24(18)35-27(33)19(16)11-25(30)29-22(26(31)32)15-36-14-17-8-6-5-7-9-17/h5-10,12-13,22H,11,14-15H2,1-4H3,(H,29,30)(H,31,32). The second kappa shape index (κ2) is 10.2. The van der Waals surface area contributed by atoms with Gasteiger partial charge in [-0.1, -0.05) is 51.1 Å². The van der Waals surface area contributed by atoms with Crippen molar-refractivity contribution in [1.82, 2.24) is 5.32 Å². The van der Waals surface area contributed by atoms with Gasteiger partial charge in [0, 0.05) is 33.9 Å². The predicted molar refractivity (Wildman–Crippen MR) is 142 cm³/mol. The molecule has 36 heavy (non-hydrogen) atoms. The Kier molecular flexibility index (Phi) is 7.26. The number of amides is 1. The van der Waals surface area contributed by atoms with E-state index in [1.165, 1.54) is 11.8 Å². The zero-order valence-corrected chi connectivity index (χ0v) is 21.5. The molecule has 2 N–H and O–H groups in total. The first kappa shape index (κ1) is 25.6. The highest BCUT2D eigenvalue weighted by atomic mass is 32.2. The quantitative estimate of drug-likeness (QED) is 0.316. The number of furan rings is 1. The minimum absolute atomic E-state index is 0.143. The zero-order chi connectivity index (χ0) is 26.0. The van der Waals surface area contributed by atoms with Crippen molar-refractivity contribution in [3.8, 4) is 0 Å². The Morgan fingerprint density at radius 1 is 1.08 bits per heavy atom. The number of nitrogens with one attached hydrogen (secondary N) is 1. The summed E-state index contributed by atoms with van der Waals surface area (Å²) in [6.45, 7) is 8.04. The van der Waals surface area contributed by atoms with Crippen molar-refractivity contribution in [2.24, 2.45) is 0 Å². The number of hydrogen-bond donors (Lipinski definition) is 2. The summed E-state index contributed by atoms with van der Waals surface area (Å²) < 4.78 is 11.2. The smallest absolute Gasteiger partial charge is 0.340 e. The first-order valence-corrected chi connectivity index (χ1v) is 12.8. The molecule has 0 saturated heterocycles. The Hall–Kier alpha value is -3.52. The third-order valence-corrected chi connectivity index (χ3v) is 7.26. The fraction of sp³-hybridized carbons (Fsp3) is 0.321. The molecule has 2 aromatic heterocycles. The van der Waals surface area contributed by atoms with Crippen LogP contribution >= 0.6 is 11.8 Å². The number of carbonyl (C=O) groups is 2. The van der Waals surface area contributed by atoms with E-state index in [0.717, 1.165) is 16.5 Å². The number of rotatable bonds is 8. The topological polar surface area (TPSA) is 110 Å². The van der Waals surface area contributed by atoms with E-state index in [0.29, 0.717) is 27.9 Å². The van der Waals surface area contributed by atoms with Crippen molar-refractivity contribution in [2.45, 2.75) is 51.3 Å². The van der Waals surface area contributed by atoms with Crippen molar-refractivity contribution in [3.63, 3.8) is 0 Å². The normalized spacial score (nSPS) is 12.7. The molecule has 0 fully saturated rings. The third-order valence-electron chi connectivity index (χ3n) is 6.16. The summed E-state index contributed by atoms with van der Waals surface area (Å²) in [5, 5.41) is 13.8. The molecule has 4 rings (SSSR count). The van der Waals surface area contributed by atoms with Crippen LogP contribution in [-0.4, -0.2) is 28.8 Å². The third kappa shape index (κ3) is 5.49. The van der Waals surface area contributed by atoms with Gasteiger partial charge in [-0.3, -0.25) is 4.79 Å². The van der Waals surface area contributed by atoms with Crippen LogP contribution in [0.1, 0.15) is 43.0 Å². The number of carbonyl (C=O) groups excluding carboxylic acids is 1. The van der Waals surface area contributed by atoms with Crippen molar-refractivity contribution < 1.29 is 23.5 Å². The molecule has 0 saturated carbocycles. The average molecular weight is 508 g/mol. The van der Waals surface area contributed by atoms with Crippen LogP contribution in [0.2, 0.25) is 0 Å². The number of thioether (sulfide) groups is 1. The van der Waals surface area contributed by atoms with Crippen LogP contribution in [0.15, 0.2) is 62.4 Å². The highest BCUT2D eigenvalue weighted by Gasteiger charge is 2.24. The van der Waals surface area contributed by atoms with Gasteiger partial charge >= 0.3 is 11.6 Å². The van der Waals surface area contributed by atoms with Gasteiger partial charge in [-0.25, -0.2) is 9.59 Å². The van der Waals surface area contributed by atoms with Crippen LogP contribution in [0.3, 0.4) is 0 Å². The van der Waals surface area contributed by atoms with Crippen LogP contribution < -0.4 is 10.9 Å². The number of hydrogen-bond acceptors (Lipinski definition) is 6. The molecular weight excluding hydrogens is 478 g/mol. The number of aryl methyl sites for hydroxylation is 1. The number of benzene rings is 2. The van der Waals surface area contributed by atoms with Crippen molar-refractivity contribution in [3.05, 3.63) is 81.4 Å². The second-order valence-electron chi connectivity index (χ2n) is 9.87. The van der Waals surface area contributed by atoms with E-state index < -0.39 is 23.5 Å². The molecule has 0 bridgehead atoms. The molecule has 0 aliphatic rings. The Morgan fingerprint density at radius 3 is 2.47 bits per heavy atom. The Bertz CT molecular complexity index is 1480. The van der Waals surface area contributed by atoms with Crippen LogP contribution in [0.5, 0.6) is 0 Å². The SMILES string of the molecule is Cc1c(CC(=O)NC(CSCc2ccccc2)C(=O)O)c(=O)oc2cc3occ(C(C)(C)C)c3cc12. The van der Waals surface area contributed by atoms with Gasteiger partial charge in [-0.15, -0.1) is 0 Å². The number of aliphatic carboxylic acids is 1. The van der Waals surface area contributed by atoms with Gasteiger partial charge in [0.25, 0.3) is 0 Å². The van der Waals surface area contributed by atoms with Gasteiger partial charge in [-0.2, -0.15) is 11.8 Å². The lowest BCUT2D eigenvalue weighted by Gasteiger charge is -2.17. The summed E-state index contributed by atoms with van der Waals surface area (Å²) in [6.07, 6.45) is 1.44. The molecule has 8 heteroatoms. The van der Waals surface area contributed by atoms with Gasteiger partial charge in [0.1, 0.15) is 17.2 Å². The second-order valence-corrected chi connectivity index (χ2v) is 10.9. The summed E-state index contributed by atoms with van der Waals surface area (Å²) in [5.41, 5.74) is 3.18. The minimum atomic E-state index is -1.12. The maximum Gasteiger partial charge on any atom is 0.340 e. The first-order valence-electron chi connectivity index (χ1n) is 11.7. The lowest BCUT2D eigenvalue weighted by Crippen LogP contribution is -2.43. The first-order chi connectivity index (χ1) is 17.0. The predicted octanol–water partition coefficient (Wildman–Crippen LogP) is 5.19. The van der Waals surface area contributed by atoms with Gasteiger partial charge in [-0.05, 0) is 29.5 Å². The fourth-order valence-electron chi connectivity index (χ4n) is 4.14. The molecule has 1 unspecified atom stereocenters. The summed E-state index contributed by atoms with van der Waals surface area (Å²) in [4.78, 5) is 37.3. The van der Waals surface area contributed by atoms with E-state index in [4.69, 9.17) is 8.83 Å². The van der Waals surface area contributed by atoms with Gasteiger partial charge in [0.2, 0.25) is 5.91 Å². The van der Waals surface area contributed by atoms with Gasteiger partial charge < -0.3 is 19.3 Å². The van der Waals surface area contributed by atoms with Gasteiger partial charge in [0.05, 0.1) is 18.2 Å². The summed E-state index contributed by atoms with van der Waals surface area (Å²) in [5.74, 6) is -0.831. The van der Waals surface area contributed by atoms with E-state index >= 15 is 0 Å². The lowest BCUT2D eigenvalue weighted by atomic mass is 9.86. The molecule has 1 amide bonds. The molecule has 1 atom stereocenters. The molecule has 0 radical (unpaired) electrons. The highest BCUT2D eigenvalue weighted by molar-refractivity contribution is 7.98. The molecule has 0 aliphatic heterocycles. The Labute approximate surface area is 212 Å². The number of carboxylic acids is 1. The Morgan fingerprint density at radius 2 is 1.81 bits per heavy atom. The summed E-state index contributed by atoms with van der Waals surface area (Å²) in [7, 11) is 0. The maximum absolute atomic E-state index is 12.8. The van der Waals surface area contributed by atoms with Crippen molar-refractivity contribution in [1.29, 1.82) is 0 Å². The summed E-state index contributed by atoms with van der Waals surface area (Å²) in [6, 6.07) is 12.2. The van der Waals surface area contributed by atoms with E-state index in [1.54, 1.807) is 19.3 Å². The zero-order valence-electron chi connectivity index (χ0n) is 20.7. The lowest BCUT2D eigenvalue weighted by molar-refractivity contribution is -0.141. The van der Waals surface area contributed by atoms with E-state index in [-0.39, 0.29) is 23.2 Å². The monoisotopic (exact) mass is 507 g/mol. The molecule has 0 spiro atoms. The van der Waals surface area contributed by atoms with Crippen LogP contribution in [0.4, 0.5) is 0 Å². The highest BCUT2D eigenvalue weighted by Crippen LogP contribution is 2.35. The molecular formula is C28H29NO6S. The van der Waals surface area contributed by atoms with Crippen LogP contribution in [-0.2, 0) is 27.2 Å². The van der Waals surface area contributed by atoms with Crippen molar-refractivity contribution in [2.75, 3.05) is 5.75 Å². The molecule has 2 heterocycles. The van der Waals surface area contributed by atoms with E-state index in [1.807, 2.05) is 36.4 Å². The van der Waals surface area contributed by atoms with Crippen molar-refractivity contribution >= 4 is 45.6 Å². The van der Waals surface area contributed by atoms with Crippen LogP contribution in [0.25, 0.3) is 21.9 Å². The molecule has 0 aliphatic carbocycles. The maximum atomic E-state index is 12.8. The number of carboxylic acid groups (broad SMARTS) is 1. The van der Waals surface area contributed by atoms with E-state index in [9.17, 15) is 19.5 Å². The van der Waals surface area contributed by atoms with Gasteiger partial charge in [0.15, 0.2) is 0 Å². The van der Waals surface area contributed by atoms with Crippen LogP contribution in [0, 0.1) is 6.92 Å². The fourth-order valence-corrected chi connectivity index (χ4v) is 5.15. The minimum Gasteiger partial charge on any atom is -0.480 e. The summed E-state index contributed by atoms with van der Waals surface area (Å²) >= 11 is 1.42. The average Bonchev–Trinajstić information content (AvgIpc) is 3.24. The largest absolute Gasteiger partial charge is 0.480 e. The Balaban J connectivity index is 1.54. The molecule has 7 nitrogen and oxygen atoms in total.